The van der Waals surface area contributed by atoms with E-state index >= 15 is 0 Å². The van der Waals surface area contributed by atoms with Crippen LogP contribution in [0.3, 0.4) is 0 Å². The molecule has 0 unspecified atom stereocenters. The van der Waals surface area contributed by atoms with Crippen molar-refractivity contribution in [3.63, 3.8) is 0 Å². The molecular weight excluding hydrogens is 933 g/mol. The van der Waals surface area contributed by atoms with Crippen molar-refractivity contribution in [2.75, 3.05) is 6.54 Å². The predicted octanol–water partition coefficient (Wildman–Crippen LogP) is 2.32. The molecule has 72 heavy (non-hydrogen) atoms. The molecule has 18 heteroatoms. The summed E-state index contributed by atoms with van der Waals surface area (Å²) in [6.07, 6.45) is 10.4. The molecule has 18 nitrogen and oxygen atoms in total. The van der Waals surface area contributed by atoms with Crippen LogP contribution in [0.1, 0.15) is 111 Å². The van der Waals surface area contributed by atoms with Gasteiger partial charge in [-0.3, -0.25) is 9.59 Å². The third-order valence-corrected chi connectivity index (χ3v) is 14.3. The Labute approximate surface area is 425 Å². The Balaban J connectivity index is 1.60. The Hall–Kier alpha value is -3.44. The summed E-state index contributed by atoms with van der Waals surface area (Å²) in [6.45, 7) is 7.21. The lowest BCUT2D eigenvalue weighted by atomic mass is 9.81. The summed E-state index contributed by atoms with van der Waals surface area (Å²) in [5.41, 5.74) is 6.14. The lowest BCUT2D eigenvalue weighted by molar-refractivity contribution is -0.307. The van der Waals surface area contributed by atoms with Crippen LogP contribution in [0.15, 0.2) is 85.1 Å². The third kappa shape index (κ3) is 20.4. The molecule has 3 heterocycles. The zero-order valence-corrected chi connectivity index (χ0v) is 42.5. The van der Waals surface area contributed by atoms with Crippen molar-refractivity contribution >= 4 is 11.9 Å². The minimum atomic E-state index is -2.25. The lowest BCUT2D eigenvalue weighted by Gasteiger charge is -2.46. The highest BCUT2D eigenvalue weighted by atomic mass is 16.7. The van der Waals surface area contributed by atoms with E-state index in [1.165, 1.54) is 0 Å². The van der Waals surface area contributed by atoms with E-state index in [-0.39, 0.29) is 37.5 Å². The molecular formula is C54H86N2O16. The zero-order valence-electron chi connectivity index (χ0n) is 42.5. The second-order valence-corrected chi connectivity index (χ2v) is 20.5. The van der Waals surface area contributed by atoms with Gasteiger partial charge >= 0.3 is 5.97 Å². The molecule has 1 amide bonds. The second kappa shape index (κ2) is 30.8. The monoisotopic (exact) mass is 1020 g/mol. The summed E-state index contributed by atoms with van der Waals surface area (Å²) in [5, 5.41) is 113. The molecule has 4 aliphatic rings. The quantitative estimate of drug-likeness (QED) is 0.176. The van der Waals surface area contributed by atoms with Crippen molar-refractivity contribution in [1.29, 1.82) is 0 Å². The van der Waals surface area contributed by atoms with Crippen molar-refractivity contribution in [2.45, 2.75) is 209 Å². The van der Waals surface area contributed by atoms with Crippen molar-refractivity contribution in [2.24, 2.45) is 29.4 Å². The van der Waals surface area contributed by atoms with E-state index in [4.69, 9.17) is 24.7 Å². The van der Waals surface area contributed by atoms with E-state index in [1.54, 1.807) is 57.2 Å². The number of allylic oxidation sites excluding steroid dienone is 12. The summed E-state index contributed by atoms with van der Waals surface area (Å²) < 4.78 is 23.9. The molecule has 0 aromatic carbocycles. The van der Waals surface area contributed by atoms with Gasteiger partial charge in [-0.1, -0.05) is 118 Å². The average molecular weight is 1020 g/mol. The molecule has 408 valence electrons. The first kappa shape index (κ1) is 61.1. The van der Waals surface area contributed by atoms with Gasteiger partial charge in [0.05, 0.1) is 85.5 Å². The number of carbonyl (C=O) groups is 2. The number of aliphatic hydroxyl groups excluding tert-OH is 9. The Kier molecular flexibility index (Phi) is 26.2. The molecule has 3 aliphatic heterocycles. The minimum Gasteiger partial charge on any atom is -0.462 e. The van der Waals surface area contributed by atoms with Gasteiger partial charge in [0.25, 0.3) is 0 Å². The average Bonchev–Trinajstić information content (AvgIpc) is 3.32. The zero-order chi connectivity index (χ0) is 53.0. The second-order valence-electron chi connectivity index (χ2n) is 20.5. The summed E-state index contributed by atoms with van der Waals surface area (Å²) in [5.74, 6) is -5.17. The topological polar surface area (TPSA) is 311 Å². The summed E-state index contributed by atoms with van der Waals surface area (Å²) in [6, 6.07) is -1.12. The van der Waals surface area contributed by atoms with E-state index in [0.717, 1.165) is 32.1 Å². The molecule has 19 atom stereocenters. The van der Waals surface area contributed by atoms with E-state index in [2.05, 4.69) is 5.32 Å². The smallest absolute Gasteiger partial charge is 0.308 e. The number of nitrogens with one attached hydrogen (secondary N) is 1. The summed E-state index contributed by atoms with van der Waals surface area (Å²) in [4.78, 5) is 26.7. The highest BCUT2D eigenvalue weighted by Crippen LogP contribution is 2.38. The highest BCUT2D eigenvalue weighted by Gasteiger charge is 2.51. The van der Waals surface area contributed by atoms with Gasteiger partial charge in [-0.05, 0) is 51.9 Å². The molecule has 2 saturated heterocycles. The Bertz CT molecular complexity index is 1830. The molecule has 0 spiro atoms. The van der Waals surface area contributed by atoms with Gasteiger partial charge in [0.2, 0.25) is 5.91 Å². The van der Waals surface area contributed by atoms with Gasteiger partial charge < -0.3 is 81.1 Å². The van der Waals surface area contributed by atoms with Crippen LogP contribution in [-0.4, -0.2) is 167 Å². The van der Waals surface area contributed by atoms with E-state index < -0.39 is 147 Å². The number of fused-ring (bicyclic) bond motifs is 2. The largest absolute Gasteiger partial charge is 0.462 e. The first-order chi connectivity index (χ1) is 34.2. The SMILES string of the molecule is C[C@@H]1[C@H](O)[C@@H](C)/C=C/C=C/C=C/C=C/C=C/C=C/C=C/[C@H](O[C@@H]2O[C@H](C)[C@@H](O)[C@H](N)[C@@H]2O)C[C@@H]2O[C@](O)(C[C@@H](O)C[C@@H](O)[C@H](O)CC[C@@H](O)C[C@@H](O)CC(=O)O[C@H]1C)C[C@H](O)[C@H]2C(=O)NCC1CCCCC1. The van der Waals surface area contributed by atoms with E-state index in [0.29, 0.717) is 6.54 Å². The molecule has 0 aromatic heterocycles. The lowest BCUT2D eigenvalue weighted by Crippen LogP contribution is -2.62. The first-order valence-corrected chi connectivity index (χ1v) is 25.9. The Morgan fingerprint density at radius 2 is 1.26 bits per heavy atom. The maximum absolute atomic E-state index is 14.0. The third-order valence-electron chi connectivity index (χ3n) is 14.3. The highest BCUT2D eigenvalue weighted by molar-refractivity contribution is 5.80. The fourth-order valence-electron chi connectivity index (χ4n) is 9.74. The van der Waals surface area contributed by atoms with Crippen molar-refractivity contribution in [1.82, 2.24) is 5.32 Å². The Morgan fingerprint density at radius 3 is 1.89 bits per heavy atom. The van der Waals surface area contributed by atoms with Crippen molar-refractivity contribution < 1.29 is 79.6 Å². The number of carbonyl (C=O) groups excluding carboxylic acids is 2. The summed E-state index contributed by atoms with van der Waals surface area (Å²) >= 11 is 0. The van der Waals surface area contributed by atoms with Crippen LogP contribution in [-0.2, 0) is 28.5 Å². The number of hydrogen-bond donors (Lipinski definition) is 12. The minimum absolute atomic E-state index is 0.0857. The number of rotatable bonds is 5. The van der Waals surface area contributed by atoms with Crippen molar-refractivity contribution in [3.05, 3.63) is 85.1 Å². The number of hydrogen-bond acceptors (Lipinski definition) is 17. The molecule has 0 radical (unpaired) electrons. The number of nitrogens with two attached hydrogens (primary N) is 1. The normalized spacial score (nSPS) is 43.7. The number of aliphatic hydroxyl groups is 10. The first-order valence-electron chi connectivity index (χ1n) is 25.9. The molecule has 3 fully saturated rings. The van der Waals surface area contributed by atoms with Crippen LogP contribution in [0.2, 0.25) is 0 Å². The maximum atomic E-state index is 14.0. The van der Waals surface area contributed by atoms with Crippen LogP contribution < -0.4 is 11.1 Å². The van der Waals surface area contributed by atoms with E-state index in [1.807, 2.05) is 55.5 Å². The van der Waals surface area contributed by atoms with Gasteiger partial charge in [0, 0.05) is 44.1 Å². The molecule has 2 bridgehead atoms. The molecule has 4 rings (SSSR count). The van der Waals surface area contributed by atoms with Crippen LogP contribution in [0.4, 0.5) is 0 Å². The summed E-state index contributed by atoms with van der Waals surface area (Å²) in [7, 11) is 0. The van der Waals surface area contributed by atoms with Gasteiger partial charge in [-0.15, -0.1) is 0 Å². The number of esters is 1. The molecule has 13 N–H and O–H groups in total. The van der Waals surface area contributed by atoms with Crippen LogP contribution in [0, 0.1) is 23.7 Å². The van der Waals surface area contributed by atoms with Crippen LogP contribution in [0.25, 0.3) is 0 Å². The molecule has 0 aromatic rings. The number of cyclic esters (lactones) is 1. The maximum Gasteiger partial charge on any atom is 0.308 e. The number of ether oxygens (including phenoxy) is 4. The fourth-order valence-corrected chi connectivity index (χ4v) is 9.74. The standard InChI is InChI=1S/C54H86N2O16/c1-33-20-16-13-11-9-7-5-6-8-10-12-14-19-23-41(71-53-51(66)48(55)50(65)36(4)70-53)29-45-47(52(67)56-32-37-21-17-15-18-22-37)44(62)31-54(68,72-45)30-40(59)27-43(61)42(60)25-24-38(57)26-39(58)28-46(63)69-35(3)34(2)49(33)64/h5-14,16,19-20,23,33-45,47-51,53,57-62,64-66,68H,15,17-18,21-22,24-32,55H2,1-4H3,(H,56,67)/b6-5+,9-7+,10-8+,13-11+,14-12+,20-16+,23-19+/t33-,34-,35-,36+,38+,39+,40-,41-,42+,43+,44-,45-,47+,48-,49+,50+,51-,53-,54+/m0/s1. The van der Waals surface area contributed by atoms with Gasteiger partial charge in [0.15, 0.2) is 12.1 Å². The number of amides is 1. The van der Waals surface area contributed by atoms with E-state index in [9.17, 15) is 60.7 Å². The van der Waals surface area contributed by atoms with Gasteiger partial charge in [0.1, 0.15) is 12.2 Å². The van der Waals surface area contributed by atoms with Gasteiger partial charge in [-0.2, -0.15) is 0 Å². The molecule has 1 saturated carbocycles. The Morgan fingerprint density at radius 1 is 0.667 bits per heavy atom. The molecule has 1 aliphatic carbocycles. The van der Waals surface area contributed by atoms with Crippen LogP contribution in [0.5, 0.6) is 0 Å². The van der Waals surface area contributed by atoms with Crippen molar-refractivity contribution in [3.8, 4) is 0 Å². The van der Waals surface area contributed by atoms with Gasteiger partial charge in [-0.25, -0.2) is 0 Å². The van der Waals surface area contributed by atoms with Crippen LogP contribution >= 0.6 is 0 Å². The predicted molar refractivity (Wildman–Crippen MR) is 269 cm³/mol. The fraction of sp³-hybridized carbons (Fsp3) is 0.704.